The number of halogens is 3. The zero-order valence-electron chi connectivity index (χ0n) is 8.88. The Labute approximate surface area is 95.7 Å². The molecule has 0 unspecified atom stereocenters. The Hall–Kier alpha value is -1.57. The van der Waals surface area contributed by atoms with E-state index in [4.69, 9.17) is 9.90 Å². The fraction of sp³-hybridized carbons (Fsp3) is 0.556. The molecule has 1 fully saturated rings. The van der Waals surface area contributed by atoms with Crippen LogP contribution >= 0.6 is 0 Å². The van der Waals surface area contributed by atoms with Crippen molar-refractivity contribution < 1.29 is 27.9 Å². The van der Waals surface area contributed by atoms with Gasteiger partial charge in [-0.25, -0.2) is 4.79 Å². The lowest BCUT2D eigenvalue weighted by Gasteiger charge is -2.25. The molecule has 8 heteroatoms. The van der Waals surface area contributed by atoms with Crippen LogP contribution in [0.25, 0.3) is 0 Å². The highest BCUT2D eigenvalue weighted by Crippen LogP contribution is 2.13. The molecule has 5 nitrogen and oxygen atoms in total. The Morgan fingerprint density at radius 2 is 1.94 bits per heavy atom. The molecule has 1 heterocycles. The highest BCUT2D eigenvalue weighted by molar-refractivity contribution is 5.80. The standard InChI is InChI=1S/C7H12N2O.C2HF3O2/c1-2-3-9-7(10)6-4-8-5-6;3-2(4,5)1(6)7/h2,6,8H,1,3-5H2,(H,9,10);(H,6,7). The maximum atomic E-state index is 11.0. The van der Waals surface area contributed by atoms with Gasteiger partial charge in [0.15, 0.2) is 0 Å². The third-order valence-corrected chi connectivity index (χ3v) is 1.82. The number of aliphatic carboxylic acids is 1. The Morgan fingerprint density at radius 1 is 1.47 bits per heavy atom. The number of hydrogen-bond donors (Lipinski definition) is 3. The van der Waals surface area contributed by atoms with Gasteiger partial charge in [0.05, 0.1) is 5.92 Å². The van der Waals surface area contributed by atoms with E-state index in [0.717, 1.165) is 13.1 Å². The summed E-state index contributed by atoms with van der Waals surface area (Å²) in [5.74, 6) is -2.42. The Bertz CT molecular complexity index is 288. The highest BCUT2D eigenvalue weighted by Gasteiger charge is 2.38. The molecule has 0 saturated carbocycles. The first-order valence-electron chi connectivity index (χ1n) is 4.68. The third-order valence-electron chi connectivity index (χ3n) is 1.82. The summed E-state index contributed by atoms with van der Waals surface area (Å²) in [5.41, 5.74) is 0. The van der Waals surface area contributed by atoms with Crippen molar-refractivity contribution in [3.05, 3.63) is 12.7 Å². The molecule has 0 aliphatic carbocycles. The van der Waals surface area contributed by atoms with Gasteiger partial charge in [-0.15, -0.1) is 6.58 Å². The first kappa shape index (κ1) is 15.4. The minimum Gasteiger partial charge on any atom is -0.475 e. The number of carbonyl (C=O) groups excluding carboxylic acids is 1. The molecule has 1 amide bonds. The van der Waals surface area contributed by atoms with Crippen LogP contribution in [0.15, 0.2) is 12.7 Å². The van der Waals surface area contributed by atoms with E-state index < -0.39 is 12.1 Å². The summed E-state index contributed by atoms with van der Waals surface area (Å²) in [6.45, 7) is 5.73. The number of carbonyl (C=O) groups is 2. The van der Waals surface area contributed by atoms with Crippen molar-refractivity contribution in [3.8, 4) is 0 Å². The van der Waals surface area contributed by atoms with Crippen LogP contribution in [0.5, 0.6) is 0 Å². The quantitative estimate of drug-likeness (QED) is 0.626. The summed E-state index contributed by atoms with van der Waals surface area (Å²) in [7, 11) is 0. The van der Waals surface area contributed by atoms with E-state index in [1.165, 1.54) is 0 Å². The smallest absolute Gasteiger partial charge is 0.475 e. The van der Waals surface area contributed by atoms with E-state index in [1.807, 2.05) is 0 Å². The first-order chi connectivity index (χ1) is 7.79. The largest absolute Gasteiger partial charge is 0.490 e. The fourth-order valence-corrected chi connectivity index (χ4v) is 0.791. The van der Waals surface area contributed by atoms with Crippen LogP contribution in [-0.4, -0.2) is 42.8 Å². The highest BCUT2D eigenvalue weighted by atomic mass is 19.4. The predicted molar refractivity (Wildman–Crippen MR) is 53.3 cm³/mol. The normalized spacial score (nSPS) is 15.0. The van der Waals surface area contributed by atoms with Crippen LogP contribution in [0, 0.1) is 5.92 Å². The van der Waals surface area contributed by atoms with E-state index in [0.29, 0.717) is 6.54 Å². The monoisotopic (exact) mass is 254 g/mol. The third kappa shape index (κ3) is 6.56. The van der Waals surface area contributed by atoms with Crippen molar-refractivity contribution in [3.63, 3.8) is 0 Å². The number of carboxylic acid groups (broad SMARTS) is 1. The maximum Gasteiger partial charge on any atom is 0.490 e. The Kier molecular flexibility index (Phi) is 6.26. The SMILES string of the molecule is C=CCNC(=O)C1CNC1.O=C(O)C(F)(F)F. The topological polar surface area (TPSA) is 78.4 Å². The van der Waals surface area contributed by atoms with Gasteiger partial charge in [-0.1, -0.05) is 6.08 Å². The molecule has 0 aromatic carbocycles. The predicted octanol–water partition coefficient (Wildman–Crippen LogP) is 0.141. The van der Waals surface area contributed by atoms with Crippen molar-refractivity contribution in [1.82, 2.24) is 10.6 Å². The van der Waals surface area contributed by atoms with Gasteiger partial charge in [-0.2, -0.15) is 13.2 Å². The lowest BCUT2D eigenvalue weighted by atomic mass is 10.0. The van der Waals surface area contributed by atoms with Crippen LogP contribution in [0.3, 0.4) is 0 Å². The second-order valence-corrected chi connectivity index (χ2v) is 3.19. The number of carboxylic acids is 1. The van der Waals surface area contributed by atoms with Gasteiger partial charge in [0, 0.05) is 19.6 Å². The van der Waals surface area contributed by atoms with E-state index in [1.54, 1.807) is 6.08 Å². The number of nitrogens with one attached hydrogen (secondary N) is 2. The zero-order chi connectivity index (χ0) is 13.5. The molecule has 0 aromatic heterocycles. The average molecular weight is 254 g/mol. The van der Waals surface area contributed by atoms with Gasteiger partial charge < -0.3 is 15.7 Å². The molecule has 17 heavy (non-hydrogen) atoms. The maximum absolute atomic E-state index is 11.0. The second-order valence-electron chi connectivity index (χ2n) is 3.19. The van der Waals surface area contributed by atoms with Gasteiger partial charge >= 0.3 is 12.1 Å². The summed E-state index contributed by atoms with van der Waals surface area (Å²) < 4.78 is 31.7. The molecule has 1 saturated heterocycles. The van der Waals surface area contributed by atoms with Crippen molar-refractivity contribution in [2.75, 3.05) is 19.6 Å². The van der Waals surface area contributed by atoms with Crippen molar-refractivity contribution >= 4 is 11.9 Å². The lowest BCUT2D eigenvalue weighted by molar-refractivity contribution is -0.192. The van der Waals surface area contributed by atoms with Gasteiger partial charge in [-0.3, -0.25) is 4.79 Å². The second kappa shape index (κ2) is 6.89. The Morgan fingerprint density at radius 3 is 2.18 bits per heavy atom. The molecule has 0 radical (unpaired) electrons. The fourth-order valence-electron chi connectivity index (χ4n) is 0.791. The minimum absolute atomic E-state index is 0.138. The van der Waals surface area contributed by atoms with E-state index in [9.17, 15) is 18.0 Å². The van der Waals surface area contributed by atoms with Crippen LogP contribution in [0.1, 0.15) is 0 Å². The molecular weight excluding hydrogens is 241 g/mol. The molecule has 0 aromatic rings. The summed E-state index contributed by atoms with van der Waals surface area (Å²) >= 11 is 0. The zero-order valence-corrected chi connectivity index (χ0v) is 8.88. The molecule has 1 rings (SSSR count). The molecule has 1 aliphatic heterocycles. The molecule has 98 valence electrons. The lowest BCUT2D eigenvalue weighted by Crippen LogP contribution is -2.50. The summed E-state index contributed by atoms with van der Waals surface area (Å²) in [6.07, 6.45) is -3.40. The van der Waals surface area contributed by atoms with E-state index in [2.05, 4.69) is 17.2 Å². The van der Waals surface area contributed by atoms with Crippen LogP contribution in [-0.2, 0) is 9.59 Å². The van der Waals surface area contributed by atoms with Gasteiger partial charge in [0.25, 0.3) is 0 Å². The van der Waals surface area contributed by atoms with Crippen molar-refractivity contribution in [2.24, 2.45) is 5.92 Å². The number of rotatable bonds is 3. The molecule has 0 bridgehead atoms. The summed E-state index contributed by atoms with van der Waals surface area (Å²) in [5, 5.41) is 12.9. The summed E-state index contributed by atoms with van der Waals surface area (Å²) in [6, 6.07) is 0. The molecular formula is C9H13F3N2O3. The average Bonchev–Trinajstić information content (AvgIpc) is 2.11. The van der Waals surface area contributed by atoms with Gasteiger partial charge in [0.1, 0.15) is 0 Å². The molecule has 0 spiro atoms. The molecule has 0 atom stereocenters. The van der Waals surface area contributed by atoms with Crippen LogP contribution < -0.4 is 10.6 Å². The van der Waals surface area contributed by atoms with Crippen LogP contribution in [0.2, 0.25) is 0 Å². The summed E-state index contributed by atoms with van der Waals surface area (Å²) in [4.78, 5) is 19.9. The molecule has 3 N–H and O–H groups in total. The number of amides is 1. The minimum atomic E-state index is -5.08. The first-order valence-corrected chi connectivity index (χ1v) is 4.68. The van der Waals surface area contributed by atoms with Crippen molar-refractivity contribution in [2.45, 2.75) is 6.18 Å². The van der Waals surface area contributed by atoms with Gasteiger partial charge in [0.2, 0.25) is 5.91 Å². The van der Waals surface area contributed by atoms with Gasteiger partial charge in [-0.05, 0) is 0 Å². The number of hydrogen-bond acceptors (Lipinski definition) is 3. The Balaban J connectivity index is 0.000000325. The van der Waals surface area contributed by atoms with Crippen molar-refractivity contribution in [1.29, 1.82) is 0 Å². The van der Waals surface area contributed by atoms with E-state index >= 15 is 0 Å². The van der Waals surface area contributed by atoms with Crippen LogP contribution in [0.4, 0.5) is 13.2 Å². The van der Waals surface area contributed by atoms with E-state index in [-0.39, 0.29) is 11.8 Å². The molecule has 1 aliphatic rings. The number of alkyl halides is 3.